The summed E-state index contributed by atoms with van der Waals surface area (Å²) in [4.78, 5) is 25.4. The minimum absolute atomic E-state index is 0.0514. The van der Waals surface area contributed by atoms with Crippen molar-refractivity contribution in [3.63, 3.8) is 0 Å². The van der Waals surface area contributed by atoms with Crippen LogP contribution in [0.2, 0.25) is 0 Å². The van der Waals surface area contributed by atoms with Gasteiger partial charge >= 0.3 is 12.1 Å². The van der Waals surface area contributed by atoms with Gasteiger partial charge in [0.1, 0.15) is 17.7 Å². The molecular formula is C25H27F5N2O5. The van der Waals surface area contributed by atoms with Crippen LogP contribution in [0.4, 0.5) is 27.6 Å². The summed E-state index contributed by atoms with van der Waals surface area (Å²) >= 11 is 0. The van der Waals surface area contributed by atoms with Crippen LogP contribution in [0, 0.1) is 11.6 Å². The molecule has 0 aromatic heterocycles. The minimum Gasteiger partial charge on any atom is -0.475 e. The van der Waals surface area contributed by atoms with Crippen LogP contribution < -0.4 is 4.90 Å². The molecular weight excluding hydrogens is 503 g/mol. The van der Waals surface area contributed by atoms with Crippen LogP contribution >= 0.6 is 0 Å². The van der Waals surface area contributed by atoms with Crippen LogP contribution in [0.3, 0.4) is 0 Å². The Hall–Kier alpha value is -3.25. The van der Waals surface area contributed by atoms with E-state index in [1.54, 1.807) is 19.1 Å². The number of likely N-dealkylation sites (N-methyl/N-ethyl adjacent to an activating group) is 1. The molecule has 2 unspecified atom stereocenters. The summed E-state index contributed by atoms with van der Waals surface area (Å²) in [5.41, 5.74) is 2.23. The Bertz CT molecular complexity index is 1130. The molecule has 2 aliphatic rings. The molecule has 1 spiro atoms. The highest BCUT2D eigenvalue weighted by atomic mass is 19.4. The molecule has 37 heavy (non-hydrogen) atoms. The Labute approximate surface area is 210 Å². The van der Waals surface area contributed by atoms with Gasteiger partial charge in [-0.2, -0.15) is 13.2 Å². The SMILES string of the molecule is COCCN(C)C(=O)C1CC2(CO1)CN(Cc1ccc(F)cc1F)c1ccccc12.O=C(O)C(F)(F)F. The maximum absolute atomic E-state index is 14.3. The van der Waals surface area contributed by atoms with Crippen LogP contribution in [0.1, 0.15) is 17.5 Å². The lowest BCUT2D eigenvalue weighted by Gasteiger charge is -2.25. The number of benzene rings is 2. The van der Waals surface area contributed by atoms with Crippen molar-refractivity contribution in [2.45, 2.75) is 30.7 Å². The third kappa shape index (κ3) is 6.55. The van der Waals surface area contributed by atoms with E-state index in [-0.39, 0.29) is 11.3 Å². The molecule has 4 rings (SSSR count). The lowest BCUT2D eigenvalue weighted by molar-refractivity contribution is -0.192. The fourth-order valence-electron chi connectivity index (χ4n) is 4.50. The number of rotatable bonds is 6. The molecule has 2 aromatic rings. The van der Waals surface area contributed by atoms with E-state index < -0.39 is 29.9 Å². The Balaban J connectivity index is 0.000000479. The fourth-order valence-corrected chi connectivity index (χ4v) is 4.50. The number of anilines is 1. The molecule has 0 saturated carbocycles. The van der Waals surface area contributed by atoms with Crippen LogP contribution in [-0.4, -0.2) is 74.6 Å². The van der Waals surface area contributed by atoms with E-state index in [0.29, 0.717) is 44.8 Å². The molecule has 2 aliphatic heterocycles. The number of methoxy groups -OCH3 is 1. The number of fused-ring (bicyclic) bond motifs is 2. The van der Waals surface area contributed by atoms with Gasteiger partial charge in [-0.25, -0.2) is 13.6 Å². The van der Waals surface area contributed by atoms with Gasteiger partial charge in [-0.1, -0.05) is 24.3 Å². The predicted octanol–water partition coefficient (Wildman–Crippen LogP) is 3.75. The van der Waals surface area contributed by atoms with Crippen molar-refractivity contribution >= 4 is 17.6 Å². The largest absolute Gasteiger partial charge is 0.490 e. The second-order valence-electron chi connectivity index (χ2n) is 8.95. The van der Waals surface area contributed by atoms with Gasteiger partial charge in [0.25, 0.3) is 5.91 Å². The van der Waals surface area contributed by atoms with Crippen LogP contribution in [-0.2, 0) is 31.0 Å². The normalized spacial score (nSPS) is 20.4. The average Bonchev–Trinajstić information content (AvgIpc) is 3.40. The van der Waals surface area contributed by atoms with Crippen molar-refractivity contribution in [3.05, 3.63) is 65.2 Å². The molecule has 12 heteroatoms. The molecule has 2 heterocycles. The first-order valence-electron chi connectivity index (χ1n) is 11.3. The number of nitrogens with zero attached hydrogens (tertiary/aromatic N) is 2. The van der Waals surface area contributed by atoms with Crippen molar-refractivity contribution in [2.24, 2.45) is 0 Å². The fraction of sp³-hybridized carbons (Fsp3) is 0.440. The molecule has 7 nitrogen and oxygen atoms in total. The quantitative estimate of drug-likeness (QED) is 0.574. The molecule has 0 bridgehead atoms. The first-order valence-corrected chi connectivity index (χ1v) is 11.3. The average molecular weight is 530 g/mol. The summed E-state index contributed by atoms with van der Waals surface area (Å²) in [6, 6.07) is 11.7. The van der Waals surface area contributed by atoms with Crippen molar-refractivity contribution < 1.29 is 46.1 Å². The Morgan fingerprint density at radius 1 is 1.22 bits per heavy atom. The van der Waals surface area contributed by atoms with Crippen molar-refractivity contribution in [2.75, 3.05) is 45.4 Å². The highest BCUT2D eigenvalue weighted by molar-refractivity contribution is 5.81. The minimum atomic E-state index is -5.08. The van der Waals surface area contributed by atoms with Gasteiger partial charge in [0.15, 0.2) is 0 Å². The molecule has 2 aromatic carbocycles. The number of carboxylic acids is 1. The van der Waals surface area contributed by atoms with E-state index in [2.05, 4.69) is 11.0 Å². The Morgan fingerprint density at radius 2 is 1.89 bits per heavy atom. The van der Waals surface area contributed by atoms with Crippen molar-refractivity contribution in [1.29, 1.82) is 0 Å². The smallest absolute Gasteiger partial charge is 0.475 e. The summed E-state index contributed by atoms with van der Waals surface area (Å²) in [6.07, 6.45) is -5.02. The van der Waals surface area contributed by atoms with E-state index >= 15 is 0 Å². The van der Waals surface area contributed by atoms with E-state index in [1.807, 2.05) is 18.2 Å². The Kier molecular flexibility index (Phi) is 8.75. The molecule has 1 saturated heterocycles. The molecule has 1 N–H and O–H groups in total. The van der Waals surface area contributed by atoms with E-state index in [9.17, 15) is 26.7 Å². The highest BCUT2D eigenvalue weighted by Crippen LogP contribution is 2.48. The first-order chi connectivity index (χ1) is 17.4. The summed E-state index contributed by atoms with van der Waals surface area (Å²) in [5, 5.41) is 7.12. The van der Waals surface area contributed by atoms with Gasteiger partial charge < -0.3 is 24.4 Å². The number of ether oxygens (including phenoxy) is 2. The number of aliphatic carboxylic acids is 1. The summed E-state index contributed by atoms with van der Waals surface area (Å²) < 4.78 is 70.3. The topological polar surface area (TPSA) is 79.3 Å². The van der Waals surface area contributed by atoms with E-state index in [1.165, 1.54) is 12.1 Å². The number of amides is 1. The lowest BCUT2D eigenvalue weighted by Crippen LogP contribution is -2.39. The molecule has 202 valence electrons. The van der Waals surface area contributed by atoms with Gasteiger partial charge in [-0.15, -0.1) is 0 Å². The molecule has 0 aliphatic carbocycles. The maximum atomic E-state index is 14.3. The first kappa shape index (κ1) is 28.3. The van der Waals surface area contributed by atoms with Gasteiger partial charge in [0.2, 0.25) is 0 Å². The number of carbonyl (C=O) groups is 2. The monoisotopic (exact) mass is 530 g/mol. The van der Waals surface area contributed by atoms with E-state index in [0.717, 1.165) is 17.3 Å². The molecule has 2 atom stereocenters. The molecule has 1 amide bonds. The number of hydrogen-bond donors (Lipinski definition) is 1. The third-order valence-electron chi connectivity index (χ3n) is 6.35. The third-order valence-corrected chi connectivity index (χ3v) is 6.35. The zero-order valence-electron chi connectivity index (χ0n) is 20.2. The predicted molar refractivity (Wildman–Crippen MR) is 123 cm³/mol. The zero-order valence-corrected chi connectivity index (χ0v) is 20.2. The summed E-state index contributed by atoms with van der Waals surface area (Å²) in [6.45, 7) is 2.36. The van der Waals surface area contributed by atoms with Crippen molar-refractivity contribution in [3.8, 4) is 0 Å². The second kappa shape index (κ2) is 11.4. The number of halogens is 5. The van der Waals surface area contributed by atoms with Gasteiger partial charge in [0, 0.05) is 56.5 Å². The standard InChI is InChI=1S/C23H26F2N2O3.C2HF3O2/c1-26(9-10-29-2)22(28)21-12-23(15-30-21)14-27(20-6-4-3-5-18(20)23)13-16-7-8-17(24)11-19(16)25;3-2(4,5)1(6)7/h3-8,11,21H,9-10,12-15H2,1-2H3;(H,6,7). The highest BCUT2D eigenvalue weighted by Gasteiger charge is 2.50. The van der Waals surface area contributed by atoms with Gasteiger partial charge in [0.05, 0.1) is 13.2 Å². The van der Waals surface area contributed by atoms with E-state index in [4.69, 9.17) is 19.4 Å². The van der Waals surface area contributed by atoms with Crippen LogP contribution in [0.5, 0.6) is 0 Å². The maximum Gasteiger partial charge on any atom is 0.490 e. The number of hydrogen-bond acceptors (Lipinski definition) is 5. The summed E-state index contributed by atoms with van der Waals surface area (Å²) in [7, 11) is 3.36. The molecule has 0 radical (unpaired) electrons. The van der Waals surface area contributed by atoms with Crippen LogP contribution in [0.25, 0.3) is 0 Å². The summed E-state index contributed by atoms with van der Waals surface area (Å²) in [5.74, 6) is -3.95. The number of carbonyl (C=O) groups excluding carboxylic acids is 1. The lowest BCUT2D eigenvalue weighted by atomic mass is 9.80. The second-order valence-corrected chi connectivity index (χ2v) is 8.95. The number of carboxylic acid groups (broad SMARTS) is 1. The van der Waals surface area contributed by atoms with Gasteiger partial charge in [-0.3, -0.25) is 4.79 Å². The Morgan fingerprint density at radius 3 is 2.51 bits per heavy atom. The number of alkyl halides is 3. The zero-order chi connectivity index (χ0) is 27.4. The van der Waals surface area contributed by atoms with Crippen molar-refractivity contribution in [1.82, 2.24) is 4.90 Å². The van der Waals surface area contributed by atoms with Crippen LogP contribution in [0.15, 0.2) is 42.5 Å². The number of para-hydroxylation sites is 1. The van der Waals surface area contributed by atoms with Gasteiger partial charge in [-0.05, 0) is 24.1 Å². The molecule has 1 fully saturated rings.